The number of nitrogens with one attached hydrogen (secondary N) is 2. The molecule has 0 rings (SSSR count). The highest BCUT2D eigenvalue weighted by atomic mass is 16.4. The van der Waals surface area contributed by atoms with Crippen molar-refractivity contribution < 1.29 is 19.5 Å². The number of carboxylic acids is 1. The lowest BCUT2D eigenvalue weighted by Crippen LogP contribution is -2.47. The molecule has 0 radical (unpaired) electrons. The topological polar surface area (TPSA) is 98.7 Å². The first-order chi connectivity index (χ1) is 9.01. The van der Waals surface area contributed by atoms with Crippen LogP contribution in [0.2, 0.25) is 0 Å². The van der Waals surface area contributed by atoms with Gasteiger partial charge in [0.1, 0.15) is 0 Å². The van der Waals surface area contributed by atoms with Crippen LogP contribution in [0.3, 0.4) is 0 Å². The van der Waals surface area contributed by atoms with Crippen LogP contribution < -0.4 is 10.6 Å². The number of carboxylic acid groups (broad SMARTS) is 1. The quantitative estimate of drug-likeness (QED) is 0.668. The maximum Gasteiger partial charge on any atom is 0.315 e. The van der Waals surface area contributed by atoms with Crippen molar-refractivity contribution in [2.75, 3.05) is 20.6 Å². The van der Waals surface area contributed by atoms with Gasteiger partial charge in [-0.25, -0.2) is 4.79 Å². The van der Waals surface area contributed by atoms with Gasteiger partial charge in [0.15, 0.2) is 0 Å². The Kier molecular flexibility index (Phi) is 7.02. The van der Waals surface area contributed by atoms with E-state index < -0.39 is 18.0 Å². The van der Waals surface area contributed by atoms with E-state index in [1.54, 1.807) is 14.1 Å². The van der Waals surface area contributed by atoms with Gasteiger partial charge >= 0.3 is 12.0 Å². The predicted octanol–water partition coefficient (Wildman–Crippen LogP) is 0.653. The Morgan fingerprint density at radius 1 is 1.20 bits per heavy atom. The first-order valence-corrected chi connectivity index (χ1v) is 6.47. The monoisotopic (exact) mass is 287 g/mol. The minimum atomic E-state index is -0.969. The largest absolute Gasteiger partial charge is 0.481 e. The second-order valence-electron chi connectivity index (χ2n) is 6.17. The van der Waals surface area contributed by atoms with Crippen LogP contribution in [-0.4, -0.2) is 54.6 Å². The number of likely N-dealkylation sites (N-methyl/N-ethyl adjacent to an activating group) is 1. The summed E-state index contributed by atoms with van der Waals surface area (Å²) >= 11 is 0. The van der Waals surface area contributed by atoms with Gasteiger partial charge in [-0.15, -0.1) is 0 Å². The van der Waals surface area contributed by atoms with Crippen LogP contribution in [-0.2, 0) is 9.59 Å². The molecule has 0 bridgehead atoms. The maximum atomic E-state index is 11.7. The third-order valence-corrected chi connectivity index (χ3v) is 2.51. The highest BCUT2D eigenvalue weighted by Gasteiger charge is 2.22. The van der Waals surface area contributed by atoms with Crippen LogP contribution in [0.5, 0.6) is 0 Å². The molecule has 0 aliphatic carbocycles. The Morgan fingerprint density at radius 2 is 1.75 bits per heavy atom. The normalized spacial score (nSPS) is 12.4. The molecule has 0 aliphatic rings. The fourth-order valence-electron chi connectivity index (χ4n) is 1.67. The van der Waals surface area contributed by atoms with Gasteiger partial charge in [0.2, 0.25) is 5.91 Å². The summed E-state index contributed by atoms with van der Waals surface area (Å²) in [4.78, 5) is 35.2. The molecule has 0 fully saturated rings. The lowest BCUT2D eigenvalue weighted by atomic mass is 9.87. The van der Waals surface area contributed by atoms with E-state index in [1.165, 1.54) is 4.90 Å². The third-order valence-electron chi connectivity index (χ3n) is 2.51. The van der Waals surface area contributed by atoms with Gasteiger partial charge in [-0.2, -0.15) is 0 Å². The van der Waals surface area contributed by atoms with Crippen molar-refractivity contribution in [1.29, 1.82) is 0 Å². The van der Waals surface area contributed by atoms with Gasteiger partial charge in [0.25, 0.3) is 0 Å². The highest BCUT2D eigenvalue weighted by Crippen LogP contribution is 2.22. The number of urea groups is 1. The molecule has 3 N–H and O–H groups in total. The summed E-state index contributed by atoms with van der Waals surface area (Å²) in [5, 5.41) is 13.9. The molecule has 7 nitrogen and oxygen atoms in total. The molecular weight excluding hydrogens is 262 g/mol. The summed E-state index contributed by atoms with van der Waals surface area (Å²) in [6, 6.07) is -1.00. The van der Waals surface area contributed by atoms with E-state index in [-0.39, 0.29) is 24.3 Å². The van der Waals surface area contributed by atoms with Crippen LogP contribution in [0.25, 0.3) is 0 Å². The van der Waals surface area contributed by atoms with Crippen molar-refractivity contribution in [2.45, 2.75) is 39.7 Å². The average Bonchev–Trinajstić information content (AvgIpc) is 2.21. The van der Waals surface area contributed by atoms with Gasteiger partial charge in [0.05, 0.1) is 13.0 Å². The Hall–Kier alpha value is -1.79. The summed E-state index contributed by atoms with van der Waals surface area (Å²) in [5.41, 5.74) is -0.104. The molecule has 0 aromatic rings. The average molecular weight is 287 g/mol. The minimum Gasteiger partial charge on any atom is -0.481 e. The molecule has 0 aliphatic heterocycles. The molecule has 0 spiro atoms. The van der Waals surface area contributed by atoms with E-state index in [0.29, 0.717) is 6.42 Å². The minimum absolute atomic E-state index is 0.104. The molecule has 7 heteroatoms. The second-order valence-corrected chi connectivity index (χ2v) is 6.17. The number of carbonyl (C=O) groups excluding carboxylic acids is 2. The van der Waals surface area contributed by atoms with Crippen molar-refractivity contribution in [1.82, 2.24) is 15.5 Å². The molecule has 1 atom stereocenters. The van der Waals surface area contributed by atoms with Crippen molar-refractivity contribution in [3.8, 4) is 0 Å². The zero-order valence-electron chi connectivity index (χ0n) is 12.8. The zero-order valence-corrected chi connectivity index (χ0v) is 12.8. The number of rotatable bonds is 6. The number of amides is 3. The van der Waals surface area contributed by atoms with E-state index >= 15 is 0 Å². The summed E-state index contributed by atoms with van der Waals surface area (Å²) in [6.07, 6.45) is 0.390. The molecule has 3 amide bonds. The Balaban J connectivity index is 4.38. The van der Waals surface area contributed by atoms with Crippen molar-refractivity contribution in [3.05, 3.63) is 0 Å². The molecule has 20 heavy (non-hydrogen) atoms. The Bertz CT molecular complexity index is 361. The first-order valence-electron chi connectivity index (χ1n) is 6.47. The van der Waals surface area contributed by atoms with Crippen LogP contribution in [0.1, 0.15) is 33.6 Å². The molecule has 116 valence electrons. The van der Waals surface area contributed by atoms with Gasteiger partial charge in [-0.1, -0.05) is 20.8 Å². The summed E-state index contributed by atoms with van der Waals surface area (Å²) < 4.78 is 0. The second kappa shape index (κ2) is 7.72. The molecule has 0 saturated carbocycles. The Labute approximate surface area is 119 Å². The van der Waals surface area contributed by atoms with Crippen molar-refractivity contribution in [2.24, 2.45) is 5.41 Å². The summed E-state index contributed by atoms with van der Waals surface area (Å²) in [6.45, 7) is 5.79. The van der Waals surface area contributed by atoms with E-state index in [0.717, 1.165) is 0 Å². The van der Waals surface area contributed by atoms with Crippen LogP contribution >= 0.6 is 0 Å². The summed E-state index contributed by atoms with van der Waals surface area (Å²) in [7, 11) is 3.18. The molecule has 0 aromatic heterocycles. The number of carbonyl (C=O) groups is 3. The standard InChI is InChI=1S/C13H25N3O4/c1-13(2,3)7-9(6-11(18)19)15-12(20)14-8-10(17)16(4)5/h9H,6-8H2,1-5H3,(H,18,19)(H2,14,15,20). The molecular formula is C13H25N3O4. The fourth-order valence-corrected chi connectivity index (χ4v) is 1.67. The van der Waals surface area contributed by atoms with E-state index in [9.17, 15) is 14.4 Å². The van der Waals surface area contributed by atoms with Gasteiger partial charge in [-0.3, -0.25) is 9.59 Å². The first kappa shape index (κ1) is 18.2. The van der Waals surface area contributed by atoms with Gasteiger partial charge < -0.3 is 20.6 Å². The highest BCUT2D eigenvalue weighted by molar-refractivity contribution is 5.84. The lowest BCUT2D eigenvalue weighted by Gasteiger charge is -2.26. The fraction of sp³-hybridized carbons (Fsp3) is 0.769. The van der Waals surface area contributed by atoms with Crippen molar-refractivity contribution in [3.63, 3.8) is 0 Å². The van der Waals surface area contributed by atoms with E-state index in [4.69, 9.17) is 5.11 Å². The van der Waals surface area contributed by atoms with Crippen molar-refractivity contribution >= 4 is 17.9 Å². The zero-order chi connectivity index (χ0) is 15.9. The predicted molar refractivity (Wildman–Crippen MR) is 75.3 cm³/mol. The smallest absolute Gasteiger partial charge is 0.315 e. The Morgan fingerprint density at radius 3 is 2.15 bits per heavy atom. The summed E-state index contributed by atoms with van der Waals surface area (Å²) in [5.74, 6) is -1.20. The van der Waals surface area contributed by atoms with Crippen LogP contribution in [0, 0.1) is 5.41 Å². The number of hydrogen-bond donors (Lipinski definition) is 3. The number of aliphatic carboxylic acids is 1. The van der Waals surface area contributed by atoms with E-state index in [2.05, 4.69) is 10.6 Å². The van der Waals surface area contributed by atoms with Gasteiger partial charge in [0, 0.05) is 20.1 Å². The SMILES string of the molecule is CN(C)C(=O)CNC(=O)NC(CC(=O)O)CC(C)(C)C. The molecule has 1 unspecified atom stereocenters. The third kappa shape index (κ3) is 9.18. The van der Waals surface area contributed by atoms with Crippen LogP contribution in [0.4, 0.5) is 4.79 Å². The maximum absolute atomic E-state index is 11.7. The number of nitrogens with zero attached hydrogens (tertiary/aromatic N) is 1. The molecule has 0 saturated heterocycles. The lowest BCUT2D eigenvalue weighted by molar-refractivity contribution is -0.137. The van der Waals surface area contributed by atoms with Gasteiger partial charge in [-0.05, 0) is 11.8 Å². The molecule has 0 heterocycles. The number of hydrogen-bond acceptors (Lipinski definition) is 3. The van der Waals surface area contributed by atoms with E-state index in [1.807, 2.05) is 20.8 Å². The van der Waals surface area contributed by atoms with Crippen LogP contribution in [0.15, 0.2) is 0 Å². The molecule has 0 aromatic carbocycles.